The summed E-state index contributed by atoms with van der Waals surface area (Å²) in [4.78, 5) is 15.8. The highest BCUT2D eigenvalue weighted by molar-refractivity contribution is 7.80. The fourth-order valence-electron chi connectivity index (χ4n) is 3.17. The molecular formula is C21H28ClN7O2S. The quantitative estimate of drug-likeness (QED) is 0.329. The van der Waals surface area contributed by atoms with E-state index in [-0.39, 0.29) is 0 Å². The molecule has 2 heterocycles. The largest absolute Gasteiger partial charge is 0.495 e. The number of aromatic nitrogens is 2. The summed E-state index contributed by atoms with van der Waals surface area (Å²) in [6.45, 7) is 8.52. The van der Waals surface area contributed by atoms with Gasteiger partial charge in [0.2, 0.25) is 11.9 Å². The molecule has 1 aromatic heterocycles. The zero-order valence-electron chi connectivity index (χ0n) is 18.4. The molecule has 1 aliphatic heterocycles. The Morgan fingerprint density at radius 3 is 2.59 bits per heavy atom. The fourth-order valence-corrected chi connectivity index (χ4v) is 3.54. The number of hydrogen-bond acceptors (Lipinski definition) is 7. The minimum Gasteiger partial charge on any atom is -0.495 e. The van der Waals surface area contributed by atoms with Gasteiger partial charge in [0.15, 0.2) is 5.11 Å². The standard InChI is InChI=1S/C21H28ClN7O2S/c1-14-12-15(2)25-20(24-14)27-19(23-6-7-29-8-10-31-11-9-29)28-21(32)26-17-13-16(22)4-5-18(17)30-3/h4-5,12-13H,6-11H2,1-3H3,(H3,23,24,25,26,27,28,32). The number of ether oxygens (including phenoxy) is 2. The van der Waals surface area contributed by atoms with Gasteiger partial charge in [-0.25, -0.2) is 9.97 Å². The second-order valence-corrected chi connectivity index (χ2v) is 8.05. The summed E-state index contributed by atoms with van der Waals surface area (Å²) < 4.78 is 10.8. The van der Waals surface area contributed by atoms with Crippen LogP contribution in [0.2, 0.25) is 5.02 Å². The molecule has 3 rings (SSSR count). The van der Waals surface area contributed by atoms with E-state index in [2.05, 4.69) is 35.8 Å². The van der Waals surface area contributed by atoms with Crippen LogP contribution in [0.25, 0.3) is 0 Å². The topological polar surface area (TPSA) is 95.9 Å². The van der Waals surface area contributed by atoms with Gasteiger partial charge >= 0.3 is 0 Å². The number of aliphatic imine (C=N–C) groups is 1. The van der Waals surface area contributed by atoms with Crippen molar-refractivity contribution in [3.63, 3.8) is 0 Å². The van der Waals surface area contributed by atoms with Crippen molar-refractivity contribution in [3.8, 4) is 5.75 Å². The molecule has 0 amide bonds. The third kappa shape index (κ3) is 7.56. The molecule has 3 N–H and O–H groups in total. The zero-order valence-corrected chi connectivity index (χ0v) is 20.0. The Bertz CT molecular complexity index is 947. The molecule has 0 atom stereocenters. The van der Waals surface area contributed by atoms with Gasteiger partial charge in [-0.2, -0.15) is 0 Å². The Balaban J connectivity index is 1.71. The lowest BCUT2D eigenvalue weighted by molar-refractivity contribution is 0.0394. The molecular weight excluding hydrogens is 450 g/mol. The van der Waals surface area contributed by atoms with Crippen LogP contribution in [0.5, 0.6) is 5.75 Å². The van der Waals surface area contributed by atoms with E-state index in [1.807, 2.05) is 19.9 Å². The molecule has 1 aliphatic rings. The van der Waals surface area contributed by atoms with Crippen LogP contribution in [0.15, 0.2) is 29.3 Å². The number of rotatable bonds is 6. The second kappa shape index (κ2) is 11.9. The average Bonchev–Trinajstić information content (AvgIpc) is 2.74. The first-order valence-electron chi connectivity index (χ1n) is 10.3. The number of nitrogens with zero attached hydrogens (tertiary/aromatic N) is 4. The maximum absolute atomic E-state index is 6.12. The van der Waals surface area contributed by atoms with Crippen LogP contribution in [0.3, 0.4) is 0 Å². The SMILES string of the molecule is COc1ccc(Cl)cc1NC(=S)NC(=NCCN1CCOCC1)Nc1nc(C)cc(C)n1. The molecule has 0 aliphatic carbocycles. The summed E-state index contributed by atoms with van der Waals surface area (Å²) >= 11 is 11.6. The third-order valence-corrected chi connectivity index (χ3v) is 5.08. The van der Waals surface area contributed by atoms with E-state index in [4.69, 9.17) is 33.3 Å². The van der Waals surface area contributed by atoms with Crippen molar-refractivity contribution in [2.45, 2.75) is 13.8 Å². The number of thiocarbonyl (C=S) groups is 1. The van der Waals surface area contributed by atoms with E-state index < -0.39 is 0 Å². The second-order valence-electron chi connectivity index (χ2n) is 7.21. The lowest BCUT2D eigenvalue weighted by Crippen LogP contribution is -2.41. The van der Waals surface area contributed by atoms with Crippen LogP contribution in [-0.2, 0) is 4.74 Å². The van der Waals surface area contributed by atoms with Crippen molar-refractivity contribution in [2.75, 3.05) is 57.1 Å². The highest BCUT2D eigenvalue weighted by Gasteiger charge is 2.12. The smallest absolute Gasteiger partial charge is 0.229 e. The van der Waals surface area contributed by atoms with Crippen LogP contribution in [0, 0.1) is 13.8 Å². The summed E-state index contributed by atoms with van der Waals surface area (Å²) in [6, 6.07) is 7.17. The van der Waals surface area contributed by atoms with Crippen LogP contribution in [-0.4, -0.2) is 72.4 Å². The first-order chi connectivity index (χ1) is 15.4. The summed E-state index contributed by atoms with van der Waals surface area (Å²) in [5.41, 5.74) is 2.36. The van der Waals surface area contributed by atoms with Gasteiger partial charge in [-0.3, -0.25) is 15.2 Å². The number of nitrogens with one attached hydrogen (secondary N) is 3. The molecule has 0 bridgehead atoms. The summed E-state index contributed by atoms with van der Waals surface area (Å²) in [5.74, 6) is 1.51. The molecule has 2 aromatic rings. The van der Waals surface area contributed by atoms with Gasteiger partial charge in [-0.1, -0.05) is 11.6 Å². The minimum atomic E-state index is 0.326. The van der Waals surface area contributed by atoms with Crippen molar-refractivity contribution in [1.29, 1.82) is 0 Å². The minimum absolute atomic E-state index is 0.326. The van der Waals surface area contributed by atoms with Crippen molar-refractivity contribution >= 4 is 46.5 Å². The van der Waals surface area contributed by atoms with Crippen LogP contribution in [0.1, 0.15) is 11.4 Å². The van der Waals surface area contributed by atoms with Gasteiger partial charge in [0.25, 0.3) is 0 Å². The average molecular weight is 478 g/mol. The number of morpholine rings is 1. The maximum atomic E-state index is 6.12. The Labute approximate surface area is 198 Å². The summed E-state index contributed by atoms with van der Waals surface area (Å²) in [7, 11) is 1.59. The molecule has 0 spiro atoms. The molecule has 0 unspecified atom stereocenters. The monoisotopic (exact) mass is 477 g/mol. The molecule has 1 saturated heterocycles. The molecule has 172 valence electrons. The number of aryl methyl sites for hydroxylation is 2. The van der Waals surface area contributed by atoms with E-state index in [0.29, 0.717) is 40.0 Å². The Kier molecular flexibility index (Phi) is 8.98. The number of methoxy groups -OCH3 is 1. The van der Waals surface area contributed by atoms with E-state index in [1.54, 1.807) is 25.3 Å². The predicted octanol–water partition coefficient (Wildman–Crippen LogP) is 2.84. The Morgan fingerprint density at radius 2 is 1.91 bits per heavy atom. The van der Waals surface area contributed by atoms with Gasteiger partial charge in [0, 0.05) is 36.0 Å². The van der Waals surface area contributed by atoms with E-state index in [1.165, 1.54) is 0 Å². The third-order valence-electron chi connectivity index (χ3n) is 4.64. The Hall–Kier alpha value is -2.53. The van der Waals surface area contributed by atoms with E-state index in [0.717, 1.165) is 44.2 Å². The molecule has 9 nitrogen and oxygen atoms in total. The van der Waals surface area contributed by atoms with Gasteiger partial charge in [0.1, 0.15) is 5.75 Å². The number of benzene rings is 1. The van der Waals surface area contributed by atoms with Gasteiger partial charge in [-0.05, 0) is 50.3 Å². The fraction of sp³-hybridized carbons (Fsp3) is 0.429. The summed E-state index contributed by atoms with van der Waals surface area (Å²) in [5, 5.41) is 10.2. The normalized spacial score (nSPS) is 14.7. The number of hydrogen-bond donors (Lipinski definition) is 3. The highest BCUT2D eigenvalue weighted by atomic mass is 35.5. The van der Waals surface area contributed by atoms with Crippen molar-refractivity contribution < 1.29 is 9.47 Å². The van der Waals surface area contributed by atoms with Crippen LogP contribution in [0.4, 0.5) is 11.6 Å². The first kappa shape index (κ1) is 24.1. The summed E-state index contributed by atoms with van der Waals surface area (Å²) in [6.07, 6.45) is 0. The van der Waals surface area contributed by atoms with E-state index in [9.17, 15) is 0 Å². The number of halogens is 1. The Morgan fingerprint density at radius 1 is 1.19 bits per heavy atom. The highest BCUT2D eigenvalue weighted by Crippen LogP contribution is 2.27. The molecule has 0 radical (unpaired) electrons. The number of anilines is 2. The molecule has 0 saturated carbocycles. The maximum Gasteiger partial charge on any atom is 0.229 e. The van der Waals surface area contributed by atoms with Crippen molar-refractivity contribution in [2.24, 2.45) is 4.99 Å². The van der Waals surface area contributed by atoms with Crippen LogP contribution >= 0.6 is 23.8 Å². The number of guanidine groups is 1. The van der Waals surface area contributed by atoms with Gasteiger partial charge in [0.05, 0.1) is 32.6 Å². The van der Waals surface area contributed by atoms with Crippen LogP contribution < -0.4 is 20.7 Å². The molecule has 1 aromatic carbocycles. The molecule has 11 heteroatoms. The van der Waals surface area contributed by atoms with E-state index >= 15 is 0 Å². The van der Waals surface area contributed by atoms with Crippen molar-refractivity contribution in [3.05, 3.63) is 40.7 Å². The zero-order chi connectivity index (χ0) is 22.9. The lowest BCUT2D eigenvalue weighted by atomic mass is 10.3. The van der Waals surface area contributed by atoms with Gasteiger partial charge in [-0.15, -0.1) is 0 Å². The van der Waals surface area contributed by atoms with Crippen molar-refractivity contribution in [1.82, 2.24) is 20.2 Å². The molecule has 1 fully saturated rings. The van der Waals surface area contributed by atoms with Gasteiger partial charge < -0.3 is 20.1 Å². The lowest BCUT2D eigenvalue weighted by Gasteiger charge is -2.25. The predicted molar refractivity (Wildman–Crippen MR) is 132 cm³/mol. The first-order valence-corrected chi connectivity index (χ1v) is 11.1. The molecule has 32 heavy (non-hydrogen) atoms.